The van der Waals surface area contributed by atoms with E-state index in [1.807, 2.05) is 6.92 Å². The Hall–Kier alpha value is -2.24. The summed E-state index contributed by atoms with van der Waals surface area (Å²) in [7, 11) is 0. The van der Waals surface area contributed by atoms with E-state index in [1.54, 1.807) is 0 Å². The van der Waals surface area contributed by atoms with Gasteiger partial charge in [0.25, 0.3) is 0 Å². The predicted molar refractivity (Wildman–Crippen MR) is 181 cm³/mol. The number of hydrogen-bond acceptors (Lipinski definition) is 4. The summed E-state index contributed by atoms with van der Waals surface area (Å²) in [5.74, 6) is 0.112. The average Bonchev–Trinajstić information content (AvgIpc) is 3.47. The molecule has 3 fully saturated rings. The highest BCUT2D eigenvalue weighted by Crippen LogP contribution is 2.66. The van der Waals surface area contributed by atoms with Crippen molar-refractivity contribution in [1.29, 1.82) is 0 Å². The molecule has 4 nitrogen and oxygen atoms in total. The van der Waals surface area contributed by atoms with Crippen molar-refractivity contribution in [1.82, 2.24) is 0 Å². The highest BCUT2D eigenvalue weighted by atomic mass is 16.6. The summed E-state index contributed by atoms with van der Waals surface area (Å²) in [5, 5.41) is 31.4. The Morgan fingerprint density at radius 1 is 0.674 bits per heavy atom. The average molecular weight is 591 g/mol. The van der Waals surface area contributed by atoms with Crippen LogP contribution in [0.4, 0.5) is 0 Å². The van der Waals surface area contributed by atoms with Crippen LogP contribution in [0.15, 0.2) is 95.2 Å². The van der Waals surface area contributed by atoms with Crippen LogP contribution in [0.2, 0.25) is 0 Å². The summed E-state index contributed by atoms with van der Waals surface area (Å²) in [5.41, 5.74) is 3.07. The van der Waals surface area contributed by atoms with Gasteiger partial charge in [-0.25, -0.2) is 0 Å². The van der Waals surface area contributed by atoms with Crippen LogP contribution in [-0.2, 0) is 4.74 Å². The molecule has 3 N–H and O–H groups in total. The second kappa shape index (κ2) is 13.4. The zero-order valence-corrected chi connectivity index (χ0v) is 28.4. The predicted octanol–water partition coefficient (Wildman–Crippen LogP) is 8.64. The SMILES string of the molecule is CC(/C=C/C=C(C)/C=C/[C@@]12O[C@]1(C)C[C@@H](O)CC2(C)C)=C\C=C\C=C(C)\C=C\C=C(/C)CC1C(C)(C)C[C@H](O)C[C@@]1(C)O. The maximum Gasteiger partial charge on any atom is 0.121 e. The molecule has 0 aromatic heterocycles. The summed E-state index contributed by atoms with van der Waals surface area (Å²) in [4.78, 5) is 0. The van der Waals surface area contributed by atoms with Crippen molar-refractivity contribution >= 4 is 0 Å². The fourth-order valence-electron chi connectivity index (χ4n) is 7.79. The van der Waals surface area contributed by atoms with Gasteiger partial charge in [-0.2, -0.15) is 0 Å². The molecule has 1 unspecified atom stereocenters. The van der Waals surface area contributed by atoms with Crippen molar-refractivity contribution in [3.63, 3.8) is 0 Å². The van der Waals surface area contributed by atoms with Crippen molar-refractivity contribution in [2.75, 3.05) is 0 Å². The first-order chi connectivity index (χ1) is 19.8. The fraction of sp³-hybridized carbons (Fsp3) is 0.590. The van der Waals surface area contributed by atoms with Crippen LogP contribution in [-0.4, -0.2) is 44.3 Å². The Balaban J connectivity index is 1.50. The lowest BCUT2D eigenvalue weighted by Crippen LogP contribution is -2.51. The highest BCUT2D eigenvalue weighted by Gasteiger charge is 2.74. The van der Waals surface area contributed by atoms with Gasteiger partial charge in [-0.15, -0.1) is 0 Å². The third kappa shape index (κ3) is 8.69. The van der Waals surface area contributed by atoms with Gasteiger partial charge in [-0.3, -0.25) is 0 Å². The third-order valence-electron chi connectivity index (χ3n) is 10.0. The Morgan fingerprint density at radius 2 is 1.19 bits per heavy atom. The van der Waals surface area contributed by atoms with E-state index in [9.17, 15) is 15.3 Å². The Bertz CT molecular complexity index is 1230. The molecule has 3 rings (SSSR count). The molecule has 0 radical (unpaired) electrons. The second-order valence-corrected chi connectivity index (χ2v) is 15.4. The van der Waals surface area contributed by atoms with Crippen LogP contribution >= 0.6 is 0 Å². The zero-order valence-electron chi connectivity index (χ0n) is 28.4. The summed E-state index contributed by atoms with van der Waals surface area (Å²) < 4.78 is 6.24. The van der Waals surface area contributed by atoms with E-state index in [0.717, 1.165) is 36.0 Å². The largest absolute Gasteiger partial charge is 0.393 e. The van der Waals surface area contributed by atoms with Gasteiger partial charge in [0.1, 0.15) is 11.2 Å². The first kappa shape index (κ1) is 35.2. The van der Waals surface area contributed by atoms with Gasteiger partial charge in [-0.05, 0) is 78.2 Å². The van der Waals surface area contributed by atoms with Crippen molar-refractivity contribution in [3.05, 3.63) is 95.2 Å². The molecule has 1 aliphatic heterocycles. The molecule has 238 valence electrons. The summed E-state index contributed by atoms with van der Waals surface area (Å²) >= 11 is 0. The Kier molecular flexibility index (Phi) is 11.0. The lowest BCUT2D eigenvalue weighted by atomic mass is 9.59. The maximum absolute atomic E-state index is 11.0. The lowest BCUT2D eigenvalue weighted by molar-refractivity contribution is -0.129. The highest BCUT2D eigenvalue weighted by molar-refractivity contribution is 5.36. The van der Waals surface area contributed by atoms with Gasteiger partial charge in [0.05, 0.1) is 17.8 Å². The Morgan fingerprint density at radius 3 is 1.74 bits per heavy atom. The van der Waals surface area contributed by atoms with E-state index in [1.165, 1.54) is 5.57 Å². The van der Waals surface area contributed by atoms with E-state index in [4.69, 9.17) is 4.74 Å². The molecule has 43 heavy (non-hydrogen) atoms. The molecule has 0 bridgehead atoms. The van der Waals surface area contributed by atoms with E-state index < -0.39 is 11.7 Å². The van der Waals surface area contributed by atoms with Gasteiger partial charge in [0, 0.05) is 18.3 Å². The van der Waals surface area contributed by atoms with E-state index >= 15 is 0 Å². The third-order valence-corrected chi connectivity index (χ3v) is 10.0. The van der Waals surface area contributed by atoms with Gasteiger partial charge < -0.3 is 20.1 Å². The number of ether oxygens (including phenoxy) is 1. The molecular weight excluding hydrogens is 532 g/mol. The zero-order chi connectivity index (χ0) is 32.3. The molecule has 0 amide bonds. The molecule has 2 aliphatic carbocycles. The molecule has 6 atom stereocenters. The monoisotopic (exact) mass is 590 g/mol. The number of hydrogen-bond donors (Lipinski definition) is 3. The first-order valence-corrected chi connectivity index (χ1v) is 16.0. The molecule has 0 aromatic carbocycles. The molecule has 1 saturated heterocycles. The minimum atomic E-state index is -0.861. The maximum atomic E-state index is 11.0. The Labute approximate surface area is 262 Å². The van der Waals surface area contributed by atoms with Crippen LogP contribution in [0, 0.1) is 16.7 Å². The number of aliphatic hydroxyl groups excluding tert-OH is 2. The second-order valence-electron chi connectivity index (χ2n) is 15.4. The molecule has 3 aliphatic rings. The minimum absolute atomic E-state index is 0.100. The summed E-state index contributed by atoms with van der Waals surface area (Å²) in [6.07, 6.45) is 28.0. The van der Waals surface area contributed by atoms with Gasteiger partial charge in [0.15, 0.2) is 0 Å². The molecule has 0 spiro atoms. The summed E-state index contributed by atoms with van der Waals surface area (Å²) in [6, 6.07) is 0. The fourth-order valence-corrected chi connectivity index (χ4v) is 7.79. The van der Waals surface area contributed by atoms with Crippen molar-refractivity contribution < 1.29 is 20.1 Å². The number of fused-ring (bicyclic) bond motifs is 1. The van der Waals surface area contributed by atoms with Crippen molar-refractivity contribution in [3.8, 4) is 0 Å². The van der Waals surface area contributed by atoms with E-state index in [2.05, 4.69) is 135 Å². The first-order valence-electron chi connectivity index (χ1n) is 16.0. The summed E-state index contributed by atoms with van der Waals surface area (Å²) in [6.45, 7) is 21.1. The quantitative estimate of drug-likeness (QED) is 0.176. The van der Waals surface area contributed by atoms with Crippen LogP contribution in [0.1, 0.15) is 101 Å². The van der Waals surface area contributed by atoms with Gasteiger partial charge in [-0.1, -0.05) is 117 Å². The molecule has 4 heteroatoms. The number of rotatable bonds is 10. The topological polar surface area (TPSA) is 73.2 Å². The normalized spacial score (nSPS) is 37.2. The van der Waals surface area contributed by atoms with E-state index in [0.29, 0.717) is 12.8 Å². The lowest BCUT2D eigenvalue weighted by Gasteiger charge is -2.50. The molecule has 1 heterocycles. The van der Waals surface area contributed by atoms with Crippen LogP contribution in [0.5, 0.6) is 0 Å². The minimum Gasteiger partial charge on any atom is -0.393 e. The number of aliphatic hydroxyl groups is 3. The number of allylic oxidation sites excluding steroid dienone is 15. The van der Waals surface area contributed by atoms with Crippen LogP contribution in [0.3, 0.4) is 0 Å². The molecule has 0 aromatic rings. The van der Waals surface area contributed by atoms with Crippen molar-refractivity contribution in [2.24, 2.45) is 16.7 Å². The van der Waals surface area contributed by atoms with E-state index in [-0.39, 0.29) is 34.1 Å². The molecular formula is C39H58O4. The van der Waals surface area contributed by atoms with Gasteiger partial charge >= 0.3 is 0 Å². The van der Waals surface area contributed by atoms with Gasteiger partial charge in [0.2, 0.25) is 0 Å². The smallest absolute Gasteiger partial charge is 0.121 e. The number of epoxide rings is 1. The van der Waals surface area contributed by atoms with Crippen LogP contribution in [0.25, 0.3) is 0 Å². The molecule has 2 saturated carbocycles. The standard InChI is InChI=1S/C39H58O4/c1-28(17-13-19-30(3)21-22-39-36(7,8)25-33(41)27-38(39,10)43-39)15-11-12-16-29(2)18-14-20-31(4)23-34-35(5,6)24-32(40)26-37(34,9)42/h11-22,32-34,40-42H,23-27H2,1-10H3/b12-11+,17-13+,18-14+,22-21+,28-15+,29-16+,30-19+,31-20+/t32-,33-,34?,37+,38+,39-/m0/s1. The van der Waals surface area contributed by atoms with Crippen LogP contribution < -0.4 is 0 Å². The van der Waals surface area contributed by atoms with Crippen molar-refractivity contribution in [2.45, 2.75) is 130 Å².